The van der Waals surface area contributed by atoms with Crippen LogP contribution in [0.5, 0.6) is 0 Å². The van der Waals surface area contributed by atoms with E-state index in [9.17, 15) is 9.59 Å². The van der Waals surface area contributed by atoms with Gasteiger partial charge in [-0.1, -0.05) is 74.5 Å². The van der Waals surface area contributed by atoms with Gasteiger partial charge in [-0.05, 0) is 41.3 Å². The largest absolute Gasteiger partial charge is 0.356 e. The minimum absolute atomic E-state index is 0.00940. The number of nitrogens with zero attached hydrogens (tertiary/aromatic N) is 1. The van der Waals surface area contributed by atoms with E-state index in [0.29, 0.717) is 31.0 Å². The Kier molecular flexibility index (Phi) is 7.39. The van der Waals surface area contributed by atoms with Crippen LogP contribution in [0.15, 0.2) is 84.9 Å². The Labute approximate surface area is 178 Å². The van der Waals surface area contributed by atoms with Crippen molar-refractivity contribution in [1.29, 1.82) is 0 Å². The molecule has 0 heterocycles. The minimum Gasteiger partial charge on any atom is -0.356 e. The van der Waals surface area contributed by atoms with Crippen LogP contribution in [0.3, 0.4) is 0 Å². The quantitative estimate of drug-likeness (QED) is 0.588. The number of hydrogen-bond acceptors (Lipinski definition) is 2. The van der Waals surface area contributed by atoms with Crippen molar-refractivity contribution in [2.24, 2.45) is 5.92 Å². The van der Waals surface area contributed by atoms with E-state index >= 15 is 0 Å². The molecule has 3 aromatic rings. The van der Waals surface area contributed by atoms with E-state index in [1.165, 1.54) is 0 Å². The summed E-state index contributed by atoms with van der Waals surface area (Å²) in [6.07, 6.45) is 0.291. The molecule has 0 saturated heterocycles. The van der Waals surface area contributed by atoms with Gasteiger partial charge in [0.05, 0.1) is 13.0 Å². The first kappa shape index (κ1) is 21.3. The predicted molar refractivity (Wildman–Crippen MR) is 121 cm³/mol. The maximum atomic E-state index is 13.3. The summed E-state index contributed by atoms with van der Waals surface area (Å²) < 4.78 is 0. The maximum Gasteiger partial charge on any atom is 0.258 e. The van der Waals surface area contributed by atoms with Crippen LogP contribution in [0.2, 0.25) is 0 Å². The molecule has 0 bridgehead atoms. The summed E-state index contributed by atoms with van der Waals surface area (Å²) in [7, 11) is 0. The number of carbonyl (C=O) groups excluding carboxylic acids is 2. The molecule has 0 atom stereocenters. The Morgan fingerprint density at radius 1 is 0.833 bits per heavy atom. The van der Waals surface area contributed by atoms with Crippen LogP contribution >= 0.6 is 0 Å². The maximum absolute atomic E-state index is 13.3. The van der Waals surface area contributed by atoms with Gasteiger partial charge in [0.1, 0.15) is 0 Å². The molecule has 0 fully saturated rings. The number of nitrogens with one attached hydrogen (secondary N) is 1. The summed E-state index contributed by atoms with van der Waals surface area (Å²) in [5.41, 5.74) is 3.34. The molecule has 3 rings (SSSR count). The average Bonchev–Trinajstić information content (AvgIpc) is 2.77. The molecule has 3 aromatic carbocycles. The molecule has 0 spiro atoms. The first-order valence-corrected chi connectivity index (χ1v) is 10.3. The zero-order valence-corrected chi connectivity index (χ0v) is 17.5. The first-order valence-electron chi connectivity index (χ1n) is 10.3. The summed E-state index contributed by atoms with van der Waals surface area (Å²) in [4.78, 5) is 27.3. The molecule has 154 valence electrons. The minimum atomic E-state index is -0.0686. The van der Waals surface area contributed by atoms with Crippen molar-refractivity contribution in [3.8, 4) is 0 Å². The van der Waals surface area contributed by atoms with Gasteiger partial charge in [0.25, 0.3) is 5.91 Å². The van der Waals surface area contributed by atoms with E-state index < -0.39 is 0 Å². The lowest BCUT2D eigenvalue weighted by atomic mass is 10.1. The van der Waals surface area contributed by atoms with Gasteiger partial charge in [0.15, 0.2) is 0 Å². The van der Waals surface area contributed by atoms with Crippen molar-refractivity contribution < 1.29 is 9.59 Å². The average molecular weight is 401 g/mol. The smallest absolute Gasteiger partial charge is 0.258 e. The van der Waals surface area contributed by atoms with Crippen LogP contribution in [0.1, 0.15) is 35.3 Å². The molecule has 0 aliphatic heterocycles. The van der Waals surface area contributed by atoms with Crippen LogP contribution < -0.4 is 10.2 Å². The normalized spacial score (nSPS) is 10.6. The molecule has 2 amide bonds. The molecule has 4 nitrogen and oxygen atoms in total. The fourth-order valence-corrected chi connectivity index (χ4v) is 3.18. The standard InChI is InChI=1S/C26H28N2O2/c1-20(2)18-27-25(29)17-22-12-9-15-24(16-22)28(19-21-10-5-3-6-11-21)26(30)23-13-7-4-8-14-23/h3-16,20H,17-19H2,1-2H3,(H,27,29). The Morgan fingerprint density at radius 3 is 2.13 bits per heavy atom. The summed E-state index contributed by atoms with van der Waals surface area (Å²) >= 11 is 0. The van der Waals surface area contributed by atoms with Crippen molar-refractivity contribution in [1.82, 2.24) is 5.32 Å². The Bertz CT molecular complexity index is 969. The third kappa shape index (κ3) is 6.05. The third-order valence-electron chi connectivity index (χ3n) is 4.74. The second kappa shape index (κ2) is 10.4. The van der Waals surface area contributed by atoms with Crippen LogP contribution in [0.4, 0.5) is 5.69 Å². The van der Waals surface area contributed by atoms with Crippen LogP contribution in [0.25, 0.3) is 0 Å². The summed E-state index contributed by atoms with van der Waals surface area (Å²) in [5.74, 6) is 0.329. The van der Waals surface area contributed by atoms with Crippen molar-refractivity contribution in [3.05, 3.63) is 102 Å². The van der Waals surface area contributed by atoms with Crippen LogP contribution in [-0.4, -0.2) is 18.4 Å². The molecule has 30 heavy (non-hydrogen) atoms. The number of anilines is 1. The first-order chi connectivity index (χ1) is 14.5. The number of hydrogen-bond donors (Lipinski definition) is 1. The van der Waals surface area contributed by atoms with Gasteiger partial charge in [-0.25, -0.2) is 0 Å². The van der Waals surface area contributed by atoms with E-state index in [0.717, 1.165) is 16.8 Å². The lowest BCUT2D eigenvalue weighted by molar-refractivity contribution is -0.120. The molecular formula is C26H28N2O2. The summed E-state index contributed by atoms with van der Waals surface area (Å²) in [5, 5.41) is 2.95. The lowest BCUT2D eigenvalue weighted by Crippen LogP contribution is -2.31. The van der Waals surface area contributed by atoms with E-state index in [1.807, 2.05) is 84.9 Å². The van der Waals surface area contributed by atoms with Crippen molar-refractivity contribution in [2.75, 3.05) is 11.4 Å². The molecule has 0 aliphatic rings. The van der Waals surface area contributed by atoms with Gasteiger partial charge in [-0.15, -0.1) is 0 Å². The van der Waals surface area contributed by atoms with Crippen LogP contribution in [-0.2, 0) is 17.8 Å². The van der Waals surface area contributed by atoms with Gasteiger partial charge in [0.2, 0.25) is 5.91 Å². The molecule has 1 N–H and O–H groups in total. The van der Waals surface area contributed by atoms with Crippen molar-refractivity contribution in [3.63, 3.8) is 0 Å². The molecule has 0 radical (unpaired) electrons. The highest BCUT2D eigenvalue weighted by Crippen LogP contribution is 2.22. The Balaban J connectivity index is 1.86. The van der Waals surface area contributed by atoms with E-state index in [-0.39, 0.29) is 11.8 Å². The second-order valence-electron chi connectivity index (χ2n) is 7.79. The van der Waals surface area contributed by atoms with Crippen molar-refractivity contribution in [2.45, 2.75) is 26.8 Å². The monoisotopic (exact) mass is 400 g/mol. The topological polar surface area (TPSA) is 49.4 Å². The number of amides is 2. The molecule has 0 aromatic heterocycles. The van der Waals surface area contributed by atoms with Crippen LogP contribution in [0, 0.1) is 5.92 Å². The molecular weight excluding hydrogens is 372 g/mol. The van der Waals surface area contributed by atoms with E-state index in [4.69, 9.17) is 0 Å². The van der Waals surface area contributed by atoms with Gasteiger partial charge in [-0.3, -0.25) is 9.59 Å². The number of carbonyl (C=O) groups is 2. The predicted octanol–water partition coefficient (Wildman–Crippen LogP) is 4.85. The highest BCUT2D eigenvalue weighted by molar-refractivity contribution is 6.06. The summed E-state index contributed by atoms with van der Waals surface area (Å²) in [6.45, 7) is 5.25. The fourth-order valence-electron chi connectivity index (χ4n) is 3.18. The van der Waals surface area contributed by atoms with Crippen molar-refractivity contribution >= 4 is 17.5 Å². The van der Waals surface area contributed by atoms with Gasteiger partial charge >= 0.3 is 0 Å². The van der Waals surface area contributed by atoms with E-state index in [1.54, 1.807) is 4.90 Å². The zero-order valence-electron chi connectivity index (χ0n) is 17.5. The summed E-state index contributed by atoms with van der Waals surface area (Å²) in [6, 6.07) is 26.9. The lowest BCUT2D eigenvalue weighted by Gasteiger charge is -2.24. The van der Waals surface area contributed by atoms with Gasteiger partial charge < -0.3 is 10.2 Å². The zero-order chi connectivity index (χ0) is 21.3. The Morgan fingerprint density at radius 2 is 1.47 bits per heavy atom. The van der Waals surface area contributed by atoms with Gasteiger partial charge in [-0.2, -0.15) is 0 Å². The van der Waals surface area contributed by atoms with E-state index in [2.05, 4.69) is 19.2 Å². The van der Waals surface area contributed by atoms with Gasteiger partial charge in [0, 0.05) is 17.8 Å². The fraction of sp³-hybridized carbons (Fsp3) is 0.231. The highest BCUT2D eigenvalue weighted by Gasteiger charge is 2.19. The highest BCUT2D eigenvalue weighted by atomic mass is 16.2. The molecule has 0 unspecified atom stereocenters. The third-order valence-corrected chi connectivity index (χ3v) is 4.74. The number of benzene rings is 3. The molecule has 0 saturated carbocycles. The number of rotatable bonds is 8. The SMILES string of the molecule is CC(C)CNC(=O)Cc1cccc(N(Cc2ccccc2)C(=O)c2ccccc2)c1. The molecule has 4 heteroatoms. The second-order valence-corrected chi connectivity index (χ2v) is 7.79. The molecule has 0 aliphatic carbocycles. The Hall–Kier alpha value is -3.40.